The molecule has 5 heteroatoms. The lowest BCUT2D eigenvalue weighted by atomic mass is 9.94. The molecule has 8 aromatic carbocycles. The molecule has 0 spiro atoms. The van der Waals surface area contributed by atoms with Gasteiger partial charge in [0.15, 0.2) is 5.58 Å². The zero-order chi connectivity index (χ0) is 35.6. The van der Waals surface area contributed by atoms with Crippen molar-refractivity contribution >= 4 is 72.0 Å². The zero-order valence-electron chi connectivity index (χ0n) is 28.9. The molecule has 0 saturated carbocycles. The van der Waals surface area contributed by atoms with Gasteiger partial charge < -0.3 is 18.2 Å². The fourth-order valence-electron chi connectivity index (χ4n) is 7.78. The molecule has 3 aromatic heterocycles. The molecule has 0 aliphatic heterocycles. The molecule has 11 rings (SSSR count). The number of nitrogens with zero attached hydrogens (tertiary/aromatic N) is 2. The largest absolute Gasteiger partial charge is 0.456 e. The number of rotatable bonds is 6. The van der Waals surface area contributed by atoms with E-state index in [0.29, 0.717) is 5.89 Å². The summed E-state index contributed by atoms with van der Waals surface area (Å²) in [5.41, 5.74) is 13.4. The number of furan rings is 2. The van der Waals surface area contributed by atoms with Gasteiger partial charge in [0.25, 0.3) is 0 Å². The lowest BCUT2D eigenvalue weighted by molar-refractivity contribution is 0.619. The standard InChI is InChI=1S/C49H30N2O3/c1-3-11-31(12-4-1)37-15-7-8-16-38(37)32-19-21-34(22-20-32)51(35-23-25-43-40(29-35)39-17-9-10-18-42(39)52-43)36-24-26-44-41(30-36)47-45(53-44)27-28-46-48(47)50-49(54-46)33-13-5-2-6-14-33/h1-30H. The lowest BCUT2D eigenvalue weighted by Crippen LogP contribution is -2.09. The highest BCUT2D eigenvalue weighted by Crippen LogP contribution is 2.43. The molecule has 54 heavy (non-hydrogen) atoms. The Morgan fingerprint density at radius 2 is 0.870 bits per heavy atom. The van der Waals surface area contributed by atoms with E-state index in [1.165, 1.54) is 16.7 Å². The first-order chi connectivity index (χ1) is 26.7. The Kier molecular flexibility index (Phi) is 6.79. The molecular formula is C49H30N2O3. The third kappa shape index (κ3) is 4.90. The first kappa shape index (κ1) is 30.3. The monoisotopic (exact) mass is 694 g/mol. The van der Waals surface area contributed by atoms with Crippen LogP contribution in [0, 0.1) is 0 Å². The number of benzene rings is 8. The van der Waals surface area contributed by atoms with Crippen molar-refractivity contribution < 1.29 is 13.3 Å². The Hall–Kier alpha value is -7.37. The van der Waals surface area contributed by atoms with Crippen molar-refractivity contribution in [2.75, 3.05) is 4.90 Å². The topological polar surface area (TPSA) is 55.6 Å². The van der Waals surface area contributed by atoms with Gasteiger partial charge in [-0.2, -0.15) is 0 Å². The van der Waals surface area contributed by atoms with E-state index in [2.05, 4.69) is 132 Å². The van der Waals surface area contributed by atoms with Gasteiger partial charge in [0.1, 0.15) is 27.8 Å². The highest BCUT2D eigenvalue weighted by Gasteiger charge is 2.21. The Morgan fingerprint density at radius 1 is 0.352 bits per heavy atom. The van der Waals surface area contributed by atoms with E-state index in [0.717, 1.165) is 83.2 Å². The molecule has 0 atom stereocenters. The average molecular weight is 695 g/mol. The van der Waals surface area contributed by atoms with Gasteiger partial charge >= 0.3 is 0 Å². The maximum atomic E-state index is 6.42. The van der Waals surface area contributed by atoms with E-state index < -0.39 is 0 Å². The van der Waals surface area contributed by atoms with E-state index in [9.17, 15) is 0 Å². The third-order valence-electron chi connectivity index (χ3n) is 10.3. The first-order valence-electron chi connectivity index (χ1n) is 18.0. The van der Waals surface area contributed by atoms with Gasteiger partial charge in [0.2, 0.25) is 5.89 Å². The number of oxazole rings is 1. The summed E-state index contributed by atoms with van der Waals surface area (Å²) < 4.78 is 18.9. The van der Waals surface area contributed by atoms with Gasteiger partial charge in [-0.3, -0.25) is 0 Å². The minimum Gasteiger partial charge on any atom is -0.456 e. The van der Waals surface area contributed by atoms with E-state index >= 15 is 0 Å². The number of fused-ring (bicyclic) bond motifs is 8. The van der Waals surface area contributed by atoms with Gasteiger partial charge in [0, 0.05) is 38.8 Å². The van der Waals surface area contributed by atoms with E-state index in [-0.39, 0.29) is 0 Å². The summed E-state index contributed by atoms with van der Waals surface area (Å²) in [6.07, 6.45) is 0. The second-order valence-electron chi connectivity index (χ2n) is 13.5. The predicted octanol–water partition coefficient (Wildman–Crippen LogP) is 14.1. The molecule has 0 fully saturated rings. The Balaban J connectivity index is 1.09. The number of para-hydroxylation sites is 1. The van der Waals surface area contributed by atoms with Crippen LogP contribution in [-0.4, -0.2) is 4.98 Å². The second kappa shape index (κ2) is 12.1. The van der Waals surface area contributed by atoms with Crippen LogP contribution >= 0.6 is 0 Å². The maximum absolute atomic E-state index is 6.42. The van der Waals surface area contributed by atoms with Gasteiger partial charge in [-0.05, 0) is 101 Å². The van der Waals surface area contributed by atoms with Crippen LogP contribution in [0.3, 0.4) is 0 Å². The van der Waals surface area contributed by atoms with Crippen LogP contribution in [0.1, 0.15) is 0 Å². The fraction of sp³-hybridized carbons (Fsp3) is 0. The summed E-state index contributed by atoms with van der Waals surface area (Å²) >= 11 is 0. The number of hydrogen-bond acceptors (Lipinski definition) is 5. The second-order valence-corrected chi connectivity index (χ2v) is 13.5. The van der Waals surface area contributed by atoms with Crippen molar-refractivity contribution in [1.29, 1.82) is 0 Å². The van der Waals surface area contributed by atoms with Crippen molar-refractivity contribution in [3.05, 3.63) is 182 Å². The van der Waals surface area contributed by atoms with Crippen molar-refractivity contribution in [2.24, 2.45) is 0 Å². The highest BCUT2D eigenvalue weighted by atomic mass is 16.4. The maximum Gasteiger partial charge on any atom is 0.227 e. The Labute approximate surface area is 309 Å². The molecule has 3 heterocycles. The number of aromatic nitrogens is 1. The van der Waals surface area contributed by atoms with Crippen molar-refractivity contribution in [3.63, 3.8) is 0 Å². The third-order valence-corrected chi connectivity index (χ3v) is 10.3. The quantitative estimate of drug-likeness (QED) is 0.173. The SMILES string of the molecule is c1ccc(-c2nc3c(ccc4oc5ccc(N(c6ccc(-c7ccccc7-c7ccccc7)cc6)c6ccc7oc8ccccc8c7c6)cc5c43)o2)cc1. The van der Waals surface area contributed by atoms with Gasteiger partial charge in [-0.25, -0.2) is 4.98 Å². The van der Waals surface area contributed by atoms with Gasteiger partial charge in [-0.15, -0.1) is 0 Å². The molecule has 0 saturated heterocycles. The molecule has 5 nitrogen and oxygen atoms in total. The fourth-order valence-corrected chi connectivity index (χ4v) is 7.78. The number of anilines is 3. The molecule has 0 amide bonds. The predicted molar refractivity (Wildman–Crippen MR) is 220 cm³/mol. The summed E-state index contributed by atoms with van der Waals surface area (Å²) in [7, 11) is 0. The van der Waals surface area contributed by atoms with Crippen LogP contribution in [-0.2, 0) is 0 Å². The summed E-state index contributed by atoms with van der Waals surface area (Å²) in [6, 6.07) is 62.9. The van der Waals surface area contributed by atoms with Crippen LogP contribution in [0.25, 0.3) is 88.7 Å². The van der Waals surface area contributed by atoms with Crippen LogP contribution in [0.5, 0.6) is 0 Å². The van der Waals surface area contributed by atoms with E-state index in [1.807, 2.05) is 54.6 Å². The molecule has 11 aromatic rings. The van der Waals surface area contributed by atoms with Crippen LogP contribution in [0.2, 0.25) is 0 Å². The van der Waals surface area contributed by atoms with E-state index in [4.69, 9.17) is 18.2 Å². The highest BCUT2D eigenvalue weighted by molar-refractivity contribution is 6.17. The minimum atomic E-state index is 0.583. The summed E-state index contributed by atoms with van der Waals surface area (Å²) in [5.74, 6) is 0.583. The normalized spacial score (nSPS) is 11.7. The summed E-state index contributed by atoms with van der Waals surface area (Å²) in [5, 5.41) is 4.05. The summed E-state index contributed by atoms with van der Waals surface area (Å²) in [6.45, 7) is 0. The van der Waals surface area contributed by atoms with Crippen LogP contribution in [0.4, 0.5) is 17.1 Å². The zero-order valence-corrected chi connectivity index (χ0v) is 28.9. The van der Waals surface area contributed by atoms with Crippen molar-refractivity contribution in [3.8, 4) is 33.7 Å². The summed E-state index contributed by atoms with van der Waals surface area (Å²) in [4.78, 5) is 7.29. The van der Waals surface area contributed by atoms with Gasteiger partial charge in [0.05, 0.1) is 5.39 Å². The molecule has 0 N–H and O–H groups in total. The first-order valence-corrected chi connectivity index (χ1v) is 18.0. The molecule has 0 bridgehead atoms. The molecular weight excluding hydrogens is 665 g/mol. The van der Waals surface area contributed by atoms with Crippen LogP contribution in [0.15, 0.2) is 195 Å². The Morgan fingerprint density at radius 3 is 1.61 bits per heavy atom. The van der Waals surface area contributed by atoms with Gasteiger partial charge in [-0.1, -0.05) is 103 Å². The lowest BCUT2D eigenvalue weighted by Gasteiger charge is -2.26. The van der Waals surface area contributed by atoms with E-state index in [1.54, 1.807) is 0 Å². The average Bonchev–Trinajstić information content (AvgIpc) is 3.95. The molecule has 0 radical (unpaired) electrons. The van der Waals surface area contributed by atoms with Crippen LogP contribution < -0.4 is 4.90 Å². The molecule has 0 aliphatic rings. The molecule has 0 aliphatic carbocycles. The minimum absolute atomic E-state index is 0.583. The number of hydrogen-bond donors (Lipinski definition) is 0. The molecule has 254 valence electrons. The van der Waals surface area contributed by atoms with Crippen molar-refractivity contribution in [1.82, 2.24) is 4.98 Å². The molecule has 0 unspecified atom stereocenters. The van der Waals surface area contributed by atoms with Crippen molar-refractivity contribution in [2.45, 2.75) is 0 Å². The smallest absolute Gasteiger partial charge is 0.227 e. The Bertz CT molecular complexity index is 3160.